The average molecular weight is 321 g/mol. The molecule has 1 amide bonds. The second-order valence-corrected chi connectivity index (χ2v) is 7.31. The van der Waals surface area contributed by atoms with Crippen molar-refractivity contribution in [2.45, 2.75) is 31.7 Å². The number of rotatable bonds is 5. The number of fused-ring (bicyclic) bond motifs is 1. The van der Waals surface area contributed by atoms with E-state index in [1.165, 1.54) is 6.07 Å². The van der Waals surface area contributed by atoms with Gasteiger partial charge in [0.15, 0.2) is 0 Å². The van der Waals surface area contributed by atoms with Crippen molar-refractivity contribution < 1.29 is 13.2 Å². The highest BCUT2D eigenvalue weighted by Gasteiger charge is 2.30. The van der Waals surface area contributed by atoms with Crippen LogP contribution in [0.3, 0.4) is 0 Å². The fourth-order valence-electron chi connectivity index (χ4n) is 2.28. The summed E-state index contributed by atoms with van der Waals surface area (Å²) in [5.41, 5.74) is 6.51. The largest absolute Gasteiger partial charge is 0.369 e. The third-order valence-electron chi connectivity index (χ3n) is 3.28. The van der Waals surface area contributed by atoms with Crippen LogP contribution < -0.4 is 5.73 Å². The van der Waals surface area contributed by atoms with Crippen LogP contribution in [0.2, 0.25) is 0 Å². The number of aromatic nitrogens is 1. The molecule has 2 rings (SSSR count). The maximum Gasteiger partial charge on any atom is 0.245 e. The number of hydrogen-bond acceptors (Lipinski definition) is 4. The molecular weight excluding hydrogens is 302 g/mol. The van der Waals surface area contributed by atoms with Crippen LogP contribution in [0.4, 0.5) is 0 Å². The first kappa shape index (κ1) is 16.4. The Morgan fingerprint density at radius 1 is 1.36 bits per heavy atom. The van der Waals surface area contributed by atoms with E-state index in [4.69, 9.17) is 5.73 Å². The standard InChI is InChI=1S/C15H19N3O3S/c1-10(2)18(9-14(16)19)22(20,21)13-6-4-5-12-7-11(3)8-17-15(12)13/h4-8,10H,9H2,1-3H3,(H2,16,19). The quantitative estimate of drug-likeness (QED) is 0.901. The maximum atomic E-state index is 12.9. The monoisotopic (exact) mass is 321 g/mol. The second kappa shape index (κ2) is 6.02. The summed E-state index contributed by atoms with van der Waals surface area (Å²) in [6.45, 7) is 4.93. The Bertz CT molecular complexity index is 816. The van der Waals surface area contributed by atoms with Gasteiger partial charge in [-0.05, 0) is 38.5 Å². The highest BCUT2D eigenvalue weighted by atomic mass is 32.2. The minimum atomic E-state index is -3.86. The zero-order chi connectivity index (χ0) is 16.5. The van der Waals surface area contributed by atoms with Crippen LogP contribution in [-0.2, 0) is 14.8 Å². The number of hydrogen-bond donors (Lipinski definition) is 1. The van der Waals surface area contributed by atoms with Gasteiger partial charge in [0.25, 0.3) is 0 Å². The van der Waals surface area contributed by atoms with Crippen molar-refractivity contribution in [3.05, 3.63) is 36.0 Å². The Hall–Kier alpha value is -1.99. The molecule has 0 aliphatic rings. The topological polar surface area (TPSA) is 93.4 Å². The van der Waals surface area contributed by atoms with Crippen molar-refractivity contribution >= 4 is 26.8 Å². The number of sulfonamides is 1. The first-order valence-electron chi connectivity index (χ1n) is 6.89. The smallest absolute Gasteiger partial charge is 0.245 e. The van der Waals surface area contributed by atoms with Crippen molar-refractivity contribution in [3.63, 3.8) is 0 Å². The van der Waals surface area contributed by atoms with Crippen LogP contribution in [0.15, 0.2) is 35.4 Å². The lowest BCUT2D eigenvalue weighted by Gasteiger charge is -2.24. The maximum absolute atomic E-state index is 12.9. The molecule has 2 N–H and O–H groups in total. The van der Waals surface area contributed by atoms with Gasteiger partial charge in [0, 0.05) is 17.6 Å². The van der Waals surface area contributed by atoms with E-state index in [9.17, 15) is 13.2 Å². The molecule has 7 heteroatoms. The summed E-state index contributed by atoms with van der Waals surface area (Å²) in [6, 6.07) is 6.45. The fourth-order valence-corrected chi connectivity index (χ4v) is 4.05. The van der Waals surface area contributed by atoms with Gasteiger partial charge in [0.2, 0.25) is 15.9 Å². The highest BCUT2D eigenvalue weighted by Crippen LogP contribution is 2.25. The van der Waals surface area contributed by atoms with Gasteiger partial charge < -0.3 is 5.73 Å². The minimum absolute atomic E-state index is 0.0833. The number of benzene rings is 1. The zero-order valence-corrected chi connectivity index (χ0v) is 13.6. The van der Waals surface area contributed by atoms with Crippen molar-refractivity contribution in [2.24, 2.45) is 5.73 Å². The lowest BCUT2D eigenvalue weighted by atomic mass is 10.2. The third kappa shape index (κ3) is 3.10. The number of aryl methyl sites for hydroxylation is 1. The number of pyridine rings is 1. The molecule has 0 bridgehead atoms. The molecule has 0 radical (unpaired) electrons. The zero-order valence-electron chi connectivity index (χ0n) is 12.8. The Balaban J connectivity index is 2.64. The molecule has 1 aromatic carbocycles. The number of amides is 1. The Kier molecular flexibility index (Phi) is 4.48. The first-order chi connectivity index (χ1) is 10.2. The molecule has 22 heavy (non-hydrogen) atoms. The molecule has 1 aromatic heterocycles. The molecular formula is C15H19N3O3S. The highest BCUT2D eigenvalue weighted by molar-refractivity contribution is 7.89. The summed E-state index contributed by atoms with van der Waals surface area (Å²) in [7, 11) is -3.86. The number of primary amides is 1. The molecule has 0 aliphatic carbocycles. The molecule has 0 saturated heterocycles. The van der Waals surface area contributed by atoms with Crippen molar-refractivity contribution in [1.82, 2.24) is 9.29 Å². The molecule has 1 heterocycles. The molecule has 0 spiro atoms. The number of nitrogens with two attached hydrogens (primary N) is 1. The first-order valence-corrected chi connectivity index (χ1v) is 8.33. The van der Waals surface area contributed by atoms with Crippen LogP contribution in [0.5, 0.6) is 0 Å². The lowest BCUT2D eigenvalue weighted by molar-refractivity contribution is -0.118. The van der Waals surface area contributed by atoms with Gasteiger partial charge in [-0.3, -0.25) is 9.78 Å². The molecule has 118 valence electrons. The van der Waals surface area contributed by atoms with Gasteiger partial charge >= 0.3 is 0 Å². The number of para-hydroxylation sites is 1. The Labute approximate surface area is 130 Å². The fraction of sp³-hybridized carbons (Fsp3) is 0.333. The van der Waals surface area contributed by atoms with Crippen LogP contribution in [0.1, 0.15) is 19.4 Å². The summed E-state index contributed by atoms with van der Waals surface area (Å²) in [5, 5.41) is 0.740. The van der Waals surface area contributed by atoms with E-state index in [0.717, 1.165) is 15.3 Å². The van der Waals surface area contributed by atoms with E-state index in [2.05, 4.69) is 4.98 Å². The van der Waals surface area contributed by atoms with E-state index in [1.807, 2.05) is 19.1 Å². The molecule has 0 atom stereocenters. The van der Waals surface area contributed by atoms with Gasteiger partial charge in [-0.15, -0.1) is 0 Å². The van der Waals surface area contributed by atoms with Gasteiger partial charge in [0.05, 0.1) is 12.1 Å². The normalized spacial score (nSPS) is 12.2. The van der Waals surface area contributed by atoms with Gasteiger partial charge in [0.1, 0.15) is 4.90 Å². The van der Waals surface area contributed by atoms with E-state index < -0.39 is 22.0 Å². The summed E-state index contributed by atoms with van der Waals surface area (Å²) >= 11 is 0. The Morgan fingerprint density at radius 2 is 2.05 bits per heavy atom. The van der Waals surface area contributed by atoms with E-state index in [-0.39, 0.29) is 11.4 Å². The molecule has 6 nitrogen and oxygen atoms in total. The summed E-state index contributed by atoms with van der Waals surface area (Å²) in [5.74, 6) is -0.693. The van der Waals surface area contributed by atoms with Gasteiger partial charge in [-0.25, -0.2) is 8.42 Å². The summed E-state index contributed by atoms with van der Waals surface area (Å²) in [6.07, 6.45) is 1.62. The number of carbonyl (C=O) groups excluding carboxylic acids is 1. The number of carbonyl (C=O) groups is 1. The lowest BCUT2D eigenvalue weighted by Crippen LogP contribution is -2.42. The van der Waals surface area contributed by atoms with Crippen molar-refractivity contribution in [1.29, 1.82) is 0 Å². The molecule has 0 saturated carbocycles. The molecule has 0 aliphatic heterocycles. The van der Waals surface area contributed by atoms with E-state index >= 15 is 0 Å². The van der Waals surface area contributed by atoms with Crippen LogP contribution in [0, 0.1) is 6.92 Å². The second-order valence-electron chi connectivity index (χ2n) is 5.45. The minimum Gasteiger partial charge on any atom is -0.369 e. The Morgan fingerprint density at radius 3 is 2.64 bits per heavy atom. The van der Waals surface area contributed by atoms with Crippen molar-refractivity contribution in [2.75, 3.05) is 6.54 Å². The van der Waals surface area contributed by atoms with Crippen LogP contribution in [-0.4, -0.2) is 36.2 Å². The summed E-state index contributed by atoms with van der Waals surface area (Å²) < 4.78 is 26.9. The summed E-state index contributed by atoms with van der Waals surface area (Å²) in [4.78, 5) is 15.5. The van der Waals surface area contributed by atoms with Crippen LogP contribution in [0.25, 0.3) is 10.9 Å². The van der Waals surface area contributed by atoms with Crippen molar-refractivity contribution in [3.8, 4) is 0 Å². The number of nitrogens with zero attached hydrogens (tertiary/aromatic N) is 2. The third-order valence-corrected chi connectivity index (χ3v) is 5.34. The molecule has 0 fully saturated rings. The molecule has 0 unspecified atom stereocenters. The predicted octanol–water partition coefficient (Wildman–Crippen LogP) is 1.43. The molecule has 2 aromatic rings. The van der Waals surface area contributed by atoms with Gasteiger partial charge in [-0.2, -0.15) is 4.31 Å². The SMILES string of the molecule is Cc1cnc2c(S(=O)(=O)N(CC(N)=O)C(C)C)cccc2c1. The van der Waals surface area contributed by atoms with E-state index in [1.54, 1.807) is 26.1 Å². The van der Waals surface area contributed by atoms with E-state index in [0.29, 0.717) is 5.52 Å². The average Bonchev–Trinajstić information content (AvgIpc) is 2.43. The predicted molar refractivity (Wildman–Crippen MR) is 84.7 cm³/mol. The van der Waals surface area contributed by atoms with Gasteiger partial charge in [-0.1, -0.05) is 12.1 Å². The van der Waals surface area contributed by atoms with Crippen LogP contribution >= 0.6 is 0 Å².